The van der Waals surface area contributed by atoms with Gasteiger partial charge in [-0.2, -0.15) is 8.78 Å². The van der Waals surface area contributed by atoms with Crippen LogP contribution < -0.4 is 15.0 Å². The molecule has 0 atom stereocenters. The fraction of sp³-hybridized carbons (Fsp3) is 0.421. The lowest BCUT2D eigenvalue weighted by molar-refractivity contribution is -0.122. The third-order valence-corrected chi connectivity index (χ3v) is 4.46. The molecule has 0 radical (unpaired) electrons. The molecule has 1 saturated heterocycles. The van der Waals surface area contributed by atoms with Crippen molar-refractivity contribution in [1.29, 1.82) is 0 Å². The Bertz CT molecular complexity index is 738. The Balaban J connectivity index is 1.34. The molecule has 1 aromatic carbocycles. The fourth-order valence-electron chi connectivity index (χ4n) is 3.00. The maximum Gasteiger partial charge on any atom is 0.387 e. The van der Waals surface area contributed by atoms with Crippen LogP contribution in [0, 0.1) is 0 Å². The monoisotopic (exact) mass is 391 g/mol. The summed E-state index contributed by atoms with van der Waals surface area (Å²) in [7, 11) is 0. The van der Waals surface area contributed by atoms with Crippen LogP contribution in [0.5, 0.6) is 5.75 Å². The van der Waals surface area contributed by atoms with Gasteiger partial charge >= 0.3 is 6.61 Å². The van der Waals surface area contributed by atoms with Crippen LogP contribution in [-0.4, -0.2) is 66.7 Å². The summed E-state index contributed by atoms with van der Waals surface area (Å²) in [6.07, 6.45) is 4.07. The molecule has 9 heteroatoms. The second-order valence-electron chi connectivity index (χ2n) is 6.43. The molecular formula is C19H23F2N5O2. The van der Waals surface area contributed by atoms with Crippen molar-refractivity contribution in [2.45, 2.75) is 13.0 Å². The summed E-state index contributed by atoms with van der Waals surface area (Å²) in [4.78, 5) is 24.8. The normalized spacial score (nSPS) is 14.9. The molecule has 1 aliphatic heterocycles. The van der Waals surface area contributed by atoms with Crippen molar-refractivity contribution in [2.75, 3.05) is 44.2 Å². The first kappa shape index (κ1) is 19.9. The number of rotatable bonds is 8. The number of hydrogen-bond donors (Lipinski definition) is 1. The molecule has 7 nitrogen and oxygen atoms in total. The van der Waals surface area contributed by atoms with Gasteiger partial charge in [-0.3, -0.25) is 9.69 Å². The quantitative estimate of drug-likeness (QED) is 0.737. The van der Waals surface area contributed by atoms with Gasteiger partial charge in [0.05, 0.1) is 6.54 Å². The van der Waals surface area contributed by atoms with Gasteiger partial charge in [-0.15, -0.1) is 0 Å². The number of anilines is 1. The van der Waals surface area contributed by atoms with Crippen LogP contribution in [-0.2, 0) is 11.2 Å². The number of benzene rings is 1. The number of hydrogen-bond acceptors (Lipinski definition) is 6. The lowest BCUT2D eigenvalue weighted by Crippen LogP contribution is -2.50. The number of ether oxygens (including phenoxy) is 1. The Morgan fingerprint density at radius 2 is 1.79 bits per heavy atom. The number of carbonyl (C=O) groups excluding carboxylic acids is 1. The predicted octanol–water partition coefficient (Wildman–Crippen LogP) is 1.56. The minimum absolute atomic E-state index is 0.0259. The van der Waals surface area contributed by atoms with Gasteiger partial charge in [0.2, 0.25) is 11.9 Å². The highest BCUT2D eigenvalue weighted by atomic mass is 19.3. The molecule has 0 aliphatic carbocycles. The highest BCUT2D eigenvalue weighted by molar-refractivity contribution is 5.78. The summed E-state index contributed by atoms with van der Waals surface area (Å²) < 4.78 is 28.6. The molecule has 0 unspecified atom stereocenters. The fourth-order valence-corrected chi connectivity index (χ4v) is 3.00. The van der Waals surface area contributed by atoms with E-state index in [1.54, 1.807) is 30.6 Å². The van der Waals surface area contributed by atoms with Crippen LogP contribution in [0.25, 0.3) is 0 Å². The van der Waals surface area contributed by atoms with Crippen molar-refractivity contribution in [3.05, 3.63) is 48.3 Å². The Hall–Kier alpha value is -2.81. The predicted molar refractivity (Wildman–Crippen MR) is 100 cm³/mol. The SMILES string of the molecule is O=C(CN1CCN(c2ncccn2)CC1)NCCc1ccc(OC(F)F)cc1. The van der Waals surface area contributed by atoms with Gasteiger partial charge in [-0.1, -0.05) is 12.1 Å². The van der Waals surface area contributed by atoms with Crippen molar-refractivity contribution in [3.63, 3.8) is 0 Å². The minimum Gasteiger partial charge on any atom is -0.435 e. The third kappa shape index (κ3) is 6.12. The lowest BCUT2D eigenvalue weighted by atomic mass is 10.1. The minimum atomic E-state index is -2.83. The third-order valence-electron chi connectivity index (χ3n) is 4.46. The lowest BCUT2D eigenvalue weighted by Gasteiger charge is -2.34. The van der Waals surface area contributed by atoms with Gasteiger partial charge in [0, 0.05) is 45.1 Å². The molecular weight excluding hydrogens is 368 g/mol. The van der Waals surface area contributed by atoms with Crippen molar-refractivity contribution < 1.29 is 18.3 Å². The van der Waals surface area contributed by atoms with E-state index in [9.17, 15) is 13.6 Å². The first-order valence-corrected chi connectivity index (χ1v) is 9.15. The molecule has 0 saturated carbocycles. The van der Waals surface area contributed by atoms with Gasteiger partial charge in [-0.25, -0.2) is 9.97 Å². The number of aromatic nitrogens is 2. The van der Waals surface area contributed by atoms with Crippen molar-refractivity contribution in [3.8, 4) is 5.75 Å². The molecule has 2 heterocycles. The number of nitrogens with one attached hydrogen (secondary N) is 1. The highest BCUT2D eigenvalue weighted by Crippen LogP contribution is 2.15. The second kappa shape index (κ2) is 9.93. The zero-order chi connectivity index (χ0) is 19.8. The van der Waals surface area contributed by atoms with E-state index in [0.717, 1.165) is 37.7 Å². The Kier molecular flexibility index (Phi) is 7.07. The average molecular weight is 391 g/mol. The maximum atomic E-state index is 12.1. The van der Waals surface area contributed by atoms with E-state index in [1.165, 1.54) is 12.1 Å². The molecule has 0 bridgehead atoms. The van der Waals surface area contributed by atoms with Crippen LogP contribution in [0.3, 0.4) is 0 Å². The van der Waals surface area contributed by atoms with Crippen LogP contribution in [0.1, 0.15) is 5.56 Å². The smallest absolute Gasteiger partial charge is 0.387 e. The van der Waals surface area contributed by atoms with Crippen LogP contribution >= 0.6 is 0 Å². The van der Waals surface area contributed by atoms with Gasteiger partial charge in [0.1, 0.15) is 5.75 Å². The number of nitrogens with zero attached hydrogens (tertiary/aromatic N) is 4. The van der Waals surface area contributed by atoms with Crippen molar-refractivity contribution >= 4 is 11.9 Å². The zero-order valence-electron chi connectivity index (χ0n) is 15.4. The van der Waals surface area contributed by atoms with Gasteiger partial charge < -0.3 is 15.0 Å². The molecule has 1 aliphatic rings. The van der Waals surface area contributed by atoms with E-state index in [2.05, 4.69) is 29.8 Å². The number of halogens is 2. The molecule has 150 valence electrons. The first-order chi connectivity index (χ1) is 13.6. The molecule has 1 aromatic heterocycles. The largest absolute Gasteiger partial charge is 0.435 e. The van der Waals surface area contributed by atoms with E-state index < -0.39 is 6.61 Å². The number of carbonyl (C=O) groups is 1. The van der Waals surface area contributed by atoms with E-state index in [1.807, 2.05) is 0 Å². The molecule has 1 amide bonds. The molecule has 28 heavy (non-hydrogen) atoms. The molecule has 0 spiro atoms. The number of piperazine rings is 1. The summed E-state index contributed by atoms with van der Waals surface area (Å²) in [6, 6.07) is 8.22. The average Bonchev–Trinajstić information content (AvgIpc) is 2.70. The van der Waals surface area contributed by atoms with Crippen molar-refractivity contribution in [1.82, 2.24) is 20.2 Å². The van der Waals surface area contributed by atoms with Crippen LogP contribution in [0.15, 0.2) is 42.7 Å². The summed E-state index contributed by atoms with van der Waals surface area (Å²) >= 11 is 0. The van der Waals surface area contributed by atoms with E-state index in [4.69, 9.17) is 0 Å². The Morgan fingerprint density at radius 3 is 2.43 bits per heavy atom. The molecule has 1 fully saturated rings. The second-order valence-corrected chi connectivity index (χ2v) is 6.43. The summed E-state index contributed by atoms with van der Waals surface area (Å²) in [5.74, 6) is 0.821. The van der Waals surface area contributed by atoms with E-state index >= 15 is 0 Å². The number of amides is 1. The van der Waals surface area contributed by atoms with Crippen molar-refractivity contribution in [2.24, 2.45) is 0 Å². The Morgan fingerprint density at radius 1 is 1.11 bits per heavy atom. The number of alkyl halides is 2. The molecule has 3 rings (SSSR count). The highest BCUT2D eigenvalue weighted by Gasteiger charge is 2.20. The van der Waals surface area contributed by atoms with E-state index in [0.29, 0.717) is 19.5 Å². The Labute approximate surface area is 162 Å². The van der Waals surface area contributed by atoms with Crippen LogP contribution in [0.4, 0.5) is 14.7 Å². The molecule has 1 N–H and O–H groups in total. The van der Waals surface area contributed by atoms with Crippen LogP contribution in [0.2, 0.25) is 0 Å². The summed E-state index contributed by atoms with van der Waals surface area (Å²) in [6.45, 7) is 1.13. The topological polar surface area (TPSA) is 70.6 Å². The van der Waals surface area contributed by atoms with E-state index in [-0.39, 0.29) is 11.7 Å². The summed E-state index contributed by atoms with van der Waals surface area (Å²) in [5.41, 5.74) is 0.943. The van der Waals surface area contributed by atoms with Gasteiger partial charge in [0.25, 0.3) is 0 Å². The first-order valence-electron chi connectivity index (χ1n) is 9.15. The molecule has 2 aromatic rings. The standard InChI is InChI=1S/C19H23F2N5O2/c20-18(21)28-16-4-2-15(3-5-16)6-9-22-17(27)14-25-10-12-26(13-11-25)19-23-7-1-8-24-19/h1-5,7-8,18H,6,9-14H2,(H,22,27). The van der Waals surface area contributed by atoms with Gasteiger partial charge in [0.15, 0.2) is 0 Å². The zero-order valence-corrected chi connectivity index (χ0v) is 15.4. The maximum absolute atomic E-state index is 12.1. The summed E-state index contributed by atoms with van der Waals surface area (Å²) in [5, 5.41) is 2.90. The van der Waals surface area contributed by atoms with Gasteiger partial charge in [-0.05, 0) is 30.2 Å².